The summed E-state index contributed by atoms with van der Waals surface area (Å²) in [4.78, 5) is 4.52. The summed E-state index contributed by atoms with van der Waals surface area (Å²) in [5, 5.41) is 0.741. The molecule has 1 aromatic carbocycles. The fraction of sp³-hybridized carbons (Fsp3) is 0.318. The molecule has 0 atom stereocenters. The van der Waals surface area contributed by atoms with Crippen molar-refractivity contribution in [1.29, 1.82) is 0 Å². The van der Waals surface area contributed by atoms with Crippen molar-refractivity contribution >= 4 is 11.6 Å². The standard InChI is InChI=1S/C22H22ClN/c1-2-3-17-4-6-18(7-5-17)8-9-19-10-15-22(24-16-19)20-11-13-21(23)14-12-20/h2-3,10-18H,4-7H2,1H3/b3-2+. The van der Waals surface area contributed by atoms with Crippen LogP contribution in [-0.4, -0.2) is 4.98 Å². The molecule has 0 aliphatic heterocycles. The lowest BCUT2D eigenvalue weighted by Crippen LogP contribution is -2.11. The number of hydrogen-bond donors (Lipinski definition) is 0. The van der Waals surface area contributed by atoms with E-state index in [2.05, 4.69) is 42.0 Å². The minimum absolute atomic E-state index is 0.530. The molecule has 24 heavy (non-hydrogen) atoms. The zero-order chi connectivity index (χ0) is 16.8. The summed E-state index contributed by atoms with van der Waals surface area (Å²) < 4.78 is 0. The third kappa shape index (κ3) is 4.49. The van der Waals surface area contributed by atoms with Gasteiger partial charge in [0.05, 0.1) is 5.69 Å². The number of hydrogen-bond acceptors (Lipinski definition) is 1. The predicted molar refractivity (Wildman–Crippen MR) is 102 cm³/mol. The molecule has 2 heteroatoms. The fourth-order valence-corrected chi connectivity index (χ4v) is 3.30. The second kappa shape index (κ2) is 8.18. The maximum atomic E-state index is 5.92. The first-order valence-corrected chi connectivity index (χ1v) is 8.99. The molecule has 122 valence electrons. The Labute approximate surface area is 149 Å². The van der Waals surface area contributed by atoms with Crippen LogP contribution in [0, 0.1) is 23.7 Å². The van der Waals surface area contributed by atoms with Gasteiger partial charge in [-0.2, -0.15) is 0 Å². The Kier molecular flexibility index (Phi) is 5.72. The first-order chi connectivity index (χ1) is 11.7. The zero-order valence-electron chi connectivity index (χ0n) is 14.0. The highest BCUT2D eigenvalue weighted by molar-refractivity contribution is 6.30. The minimum Gasteiger partial charge on any atom is -0.255 e. The number of pyridine rings is 1. The molecule has 0 radical (unpaired) electrons. The lowest BCUT2D eigenvalue weighted by atomic mass is 9.82. The Morgan fingerprint density at radius 1 is 1.04 bits per heavy atom. The van der Waals surface area contributed by atoms with Crippen LogP contribution in [0.25, 0.3) is 11.3 Å². The smallest absolute Gasteiger partial charge is 0.0702 e. The van der Waals surface area contributed by atoms with Gasteiger partial charge in [0.15, 0.2) is 0 Å². The molecule has 0 N–H and O–H groups in total. The number of allylic oxidation sites excluding steroid dienone is 2. The van der Waals surface area contributed by atoms with Gasteiger partial charge >= 0.3 is 0 Å². The number of halogens is 1. The topological polar surface area (TPSA) is 12.9 Å². The van der Waals surface area contributed by atoms with Gasteiger partial charge in [-0.3, -0.25) is 4.98 Å². The Bertz CT molecular complexity index is 739. The molecule has 1 aliphatic rings. The number of rotatable bonds is 2. The maximum Gasteiger partial charge on any atom is 0.0702 e. The second-order valence-corrected chi connectivity index (χ2v) is 6.78. The van der Waals surface area contributed by atoms with Crippen molar-refractivity contribution in [2.24, 2.45) is 11.8 Å². The van der Waals surface area contributed by atoms with E-state index < -0.39 is 0 Å². The molecular formula is C22H22ClN. The quantitative estimate of drug-likeness (QED) is 0.474. The molecule has 1 saturated carbocycles. The molecule has 1 fully saturated rings. The van der Waals surface area contributed by atoms with Crippen molar-refractivity contribution in [3.8, 4) is 23.1 Å². The summed E-state index contributed by atoms with van der Waals surface area (Å²) in [5.41, 5.74) is 3.01. The lowest BCUT2D eigenvalue weighted by Gasteiger charge is -2.22. The summed E-state index contributed by atoms with van der Waals surface area (Å²) in [6.45, 7) is 2.10. The first kappa shape index (κ1) is 16.8. The molecule has 0 unspecified atom stereocenters. The van der Waals surface area contributed by atoms with Crippen LogP contribution in [0.3, 0.4) is 0 Å². The second-order valence-electron chi connectivity index (χ2n) is 6.35. The van der Waals surface area contributed by atoms with E-state index in [1.165, 1.54) is 25.7 Å². The molecule has 1 aliphatic carbocycles. The van der Waals surface area contributed by atoms with Crippen molar-refractivity contribution in [1.82, 2.24) is 4.98 Å². The van der Waals surface area contributed by atoms with E-state index in [4.69, 9.17) is 11.6 Å². The number of nitrogens with zero attached hydrogens (tertiary/aromatic N) is 1. The first-order valence-electron chi connectivity index (χ1n) is 8.61. The predicted octanol–water partition coefficient (Wildman–Crippen LogP) is 6.14. The van der Waals surface area contributed by atoms with Gasteiger partial charge in [0.1, 0.15) is 0 Å². The van der Waals surface area contributed by atoms with Crippen molar-refractivity contribution in [3.63, 3.8) is 0 Å². The largest absolute Gasteiger partial charge is 0.255 e. The van der Waals surface area contributed by atoms with Crippen LogP contribution in [0.5, 0.6) is 0 Å². The van der Waals surface area contributed by atoms with Crippen LogP contribution < -0.4 is 0 Å². The highest BCUT2D eigenvalue weighted by atomic mass is 35.5. The van der Waals surface area contributed by atoms with E-state index in [-0.39, 0.29) is 0 Å². The van der Waals surface area contributed by atoms with Gasteiger partial charge in [-0.15, -0.1) is 0 Å². The van der Waals surface area contributed by atoms with E-state index in [1.807, 2.05) is 36.5 Å². The van der Waals surface area contributed by atoms with Crippen molar-refractivity contribution < 1.29 is 0 Å². The van der Waals surface area contributed by atoms with Crippen LogP contribution in [0.4, 0.5) is 0 Å². The molecule has 0 spiro atoms. The summed E-state index contributed by atoms with van der Waals surface area (Å²) in [6, 6.07) is 11.8. The molecule has 3 rings (SSSR count). The zero-order valence-corrected chi connectivity index (χ0v) is 14.8. The molecule has 0 saturated heterocycles. The molecule has 0 amide bonds. The van der Waals surface area contributed by atoms with Crippen LogP contribution in [0.15, 0.2) is 54.7 Å². The molecular weight excluding hydrogens is 314 g/mol. The molecule has 1 heterocycles. The van der Waals surface area contributed by atoms with E-state index in [1.54, 1.807) is 0 Å². The third-order valence-corrected chi connectivity index (χ3v) is 4.81. The van der Waals surface area contributed by atoms with Crippen molar-refractivity contribution in [3.05, 3.63) is 65.3 Å². The lowest BCUT2D eigenvalue weighted by molar-refractivity contribution is 0.364. The monoisotopic (exact) mass is 335 g/mol. The van der Waals surface area contributed by atoms with Gasteiger partial charge in [-0.05, 0) is 62.8 Å². The van der Waals surface area contributed by atoms with Gasteiger partial charge in [0.2, 0.25) is 0 Å². The third-order valence-electron chi connectivity index (χ3n) is 4.56. The Morgan fingerprint density at radius 2 is 1.79 bits per heavy atom. The van der Waals surface area contributed by atoms with Gasteiger partial charge in [-0.1, -0.05) is 47.7 Å². The van der Waals surface area contributed by atoms with Gasteiger partial charge < -0.3 is 0 Å². The summed E-state index contributed by atoms with van der Waals surface area (Å²) >= 11 is 5.92. The van der Waals surface area contributed by atoms with Crippen molar-refractivity contribution in [2.45, 2.75) is 32.6 Å². The van der Waals surface area contributed by atoms with E-state index in [9.17, 15) is 0 Å². The van der Waals surface area contributed by atoms with Crippen molar-refractivity contribution in [2.75, 3.05) is 0 Å². The number of aromatic nitrogens is 1. The Morgan fingerprint density at radius 3 is 2.42 bits per heavy atom. The summed E-state index contributed by atoms with van der Waals surface area (Å²) in [7, 11) is 0. The van der Waals surface area contributed by atoms with Gasteiger partial charge in [0.25, 0.3) is 0 Å². The van der Waals surface area contributed by atoms with Crippen LogP contribution in [-0.2, 0) is 0 Å². The summed E-state index contributed by atoms with van der Waals surface area (Å²) in [6.07, 6.45) is 11.3. The number of benzene rings is 1. The minimum atomic E-state index is 0.530. The fourth-order valence-electron chi connectivity index (χ4n) is 3.17. The molecule has 1 aromatic heterocycles. The van der Waals surface area contributed by atoms with Crippen LogP contribution in [0.2, 0.25) is 5.02 Å². The Hall–Kier alpha value is -2.04. The SMILES string of the molecule is C/C=C/C1CCC(C#Cc2ccc(-c3ccc(Cl)cc3)nc2)CC1. The van der Waals surface area contributed by atoms with Crippen LogP contribution in [0.1, 0.15) is 38.2 Å². The highest BCUT2D eigenvalue weighted by Crippen LogP contribution is 2.29. The average molecular weight is 336 g/mol. The molecule has 0 bridgehead atoms. The average Bonchev–Trinajstić information content (AvgIpc) is 2.63. The normalized spacial score (nSPS) is 20.6. The van der Waals surface area contributed by atoms with E-state index >= 15 is 0 Å². The van der Waals surface area contributed by atoms with Gasteiger partial charge in [0, 0.05) is 28.3 Å². The maximum absolute atomic E-state index is 5.92. The molecule has 2 aromatic rings. The Balaban J connectivity index is 1.62. The van der Waals surface area contributed by atoms with Gasteiger partial charge in [-0.25, -0.2) is 0 Å². The van der Waals surface area contributed by atoms with E-state index in [0.717, 1.165) is 27.8 Å². The summed E-state index contributed by atoms with van der Waals surface area (Å²) in [5.74, 6) is 8.02. The van der Waals surface area contributed by atoms with E-state index in [0.29, 0.717) is 5.92 Å². The highest BCUT2D eigenvalue weighted by Gasteiger charge is 2.17. The van der Waals surface area contributed by atoms with Crippen LogP contribution >= 0.6 is 11.6 Å². The molecule has 1 nitrogen and oxygen atoms in total.